The molecule has 8 nitrogen and oxygen atoms in total. The minimum absolute atomic E-state index is 0.0214. The molecule has 0 radical (unpaired) electrons. The number of ether oxygens (including phenoxy) is 3. The van der Waals surface area contributed by atoms with Gasteiger partial charge >= 0.3 is 17.9 Å². The predicted molar refractivity (Wildman–Crippen MR) is 131 cm³/mol. The lowest BCUT2D eigenvalue weighted by molar-refractivity contribution is -0.142. The summed E-state index contributed by atoms with van der Waals surface area (Å²) < 4.78 is 17.1. The molecule has 0 spiro atoms. The van der Waals surface area contributed by atoms with Crippen molar-refractivity contribution in [1.82, 2.24) is 9.97 Å². The average molecular weight is 491 g/mol. The highest BCUT2D eigenvalue weighted by molar-refractivity contribution is 5.88. The van der Waals surface area contributed by atoms with Gasteiger partial charge in [0, 0.05) is 24.4 Å². The van der Waals surface area contributed by atoms with Crippen LogP contribution in [-0.4, -0.2) is 46.2 Å². The van der Waals surface area contributed by atoms with E-state index >= 15 is 0 Å². The predicted octanol–water partition coefficient (Wildman–Crippen LogP) is 4.48. The lowest BCUT2D eigenvalue weighted by Crippen LogP contribution is -2.28. The lowest BCUT2D eigenvalue weighted by Gasteiger charge is -2.24. The van der Waals surface area contributed by atoms with Crippen molar-refractivity contribution in [3.63, 3.8) is 0 Å². The fraction of sp³-hybridized carbons (Fsp3) is 0.393. The number of hydrogen-bond acceptors (Lipinski definition) is 8. The average Bonchev–Trinajstić information content (AvgIpc) is 3.29. The van der Waals surface area contributed by atoms with E-state index in [0.717, 1.165) is 19.3 Å². The standard InChI is InChI=1S/C28H30N2O6/c1-19-9-3-2-4-10-20-17-21(35-27(32)23-11-5-7-15-29-23)18-22(20)25(13-14-26(31)34-19)36-28(33)24-12-6-8-16-30-24/h4-8,10-16,19-22,25H,2-3,9,17-18H2,1H3/b10-4+,14-13+/t19-,20+,21-,22+,25+/m0/s1. The van der Waals surface area contributed by atoms with Crippen molar-refractivity contribution in [2.75, 3.05) is 0 Å². The number of rotatable bonds is 4. The van der Waals surface area contributed by atoms with Crippen LogP contribution in [-0.2, 0) is 19.0 Å². The number of aromatic nitrogens is 2. The second-order valence-corrected chi connectivity index (χ2v) is 9.09. The number of esters is 3. The molecule has 0 unspecified atom stereocenters. The third kappa shape index (κ3) is 6.87. The maximum absolute atomic E-state index is 12.9. The number of nitrogens with zero attached hydrogens (tertiary/aromatic N) is 2. The molecular formula is C28H30N2O6. The summed E-state index contributed by atoms with van der Waals surface area (Å²) in [6, 6.07) is 10.1. The van der Waals surface area contributed by atoms with Crippen LogP contribution in [0, 0.1) is 11.8 Å². The van der Waals surface area contributed by atoms with Gasteiger partial charge in [-0.25, -0.2) is 24.4 Å². The SMILES string of the molecule is C[C@H]1CCC/C=C/[C@@H]2C[C@H](OC(=O)c3ccccn3)C[C@H]2[C@H](OC(=O)c2ccccn2)/C=C/C(=O)O1. The van der Waals surface area contributed by atoms with E-state index in [0.29, 0.717) is 12.8 Å². The molecule has 0 N–H and O–H groups in total. The number of fused-ring (bicyclic) bond motifs is 1. The van der Waals surface area contributed by atoms with E-state index in [4.69, 9.17) is 14.2 Å². The van der Waals surface area contributed by atoms with Gasteiger partial charge in [0.2, 0.25) is 0 Å². The van der Waals surface area contributed by atoms with Crippen LogP contribution in [0.1, 0.15) is 60.0 Å². The van der Waals surface area contributed by atoms with E-state index in [1.807, 2.05) is 6.92 Å². The zero-order valence-corrected chi connectivity index (χ0v) is 20.2. The Hall–Kier alpha value is -3.81. The Morgan fingerprint density at radius 1 is 0.944 bits per heavy atom. The molecule has 4 rings (SSSR count). The van der Waals surface area contributed by atoms with Gasteiger partial charge in [-0.3, -0.25) is 0 Å². The molecule has 188 valence electrons. The molecular weight excluding hydrogens is 460 g/mol. The number of hydrogen-bond donors (Lipinski definition) is 0. The Labute approximate surface area is 210 Å². The smallest absolute Gasteiger partial charge is 0.357 e. The van der Waals surface area contributed by atoms with Crippen LogP contribution in [0.25, 0.3) is 0 Å². The summed E-state index contributed by atoms with van der Waals surface area (Å²) in [7, 11) is 0. The van der Waals surface area contributed by atoms with Crippen molar-refractivity contribution in [1.29, 1.82) is 0 Å². The number of cyclic esters (lactones) is 1. The third-order valence-electron chi connectivity index (χ3n) is 6.41. The zero-order valence-electron chi connectivity index (χ0n) is 20.2. The van der Waals surface area contributed by atoms with Crippen LogP contribution < -0.4 is 0 Å². The molecule has 2 aliphatic rings. The Bertz CT molecular complexity index is 1100. The minimum Gasteiger partial charge on any atom is -0.460 e. The van der Waals surface area contributed by atoms with Gasteiger partial charge in [0.1, 0.15) is 23.6 Å². The summed E-state index contributed by atoms with van der Waals surface area (Å²) in [6.45, 7) is 1.86. The van der Waals surface area contributed by atoms with E-state index in [9.17, 15) is 14.4 Å². The van der Waals surface area contributed by atoms with Crippen LogP contribution in [0.4, 0.5) is 0 Å². The summed E-state index contributed by atoms with van der Waals surface area (Å²) in [5.74, 6) is -1.80. The van der Waals surface area contributed by atoms with Gasteiger partial charge < -0.3 is 14.2 Å². The van der Waals surface area contributed by atoms with Crippen LogP contribution >= 0.6 is 0 Å². The van der Waals surface area contributed by atoms with Gasteiger partial charge in [-0.05, 0) is 75.3 Å². The maximum atomic E-state index is 12.9. The largest absolute Gasteiger partial charge is 0.460 e. The monoisotopic (exact) mass is 490 g/mol. The van der Waals surface area contributed by atoms with Crippen molar-refractivity contribution in [3.8, 4) is 0 Å². The fourth-order valence-electron chi connectivity index (χ4n) is 4.64. The summed E-state index contributed by atoms with van der Waals surface area (Å²) in [6.07, 6.45) is 12.3. The van der Waals surface area contributed by atoms with Crippen LogP contribution in [0.15, 0.2) is 73.1 Å². The van der Waals surface area contributed by atoms with Crippen molar-refractivity contribution in [3.05, 3.63) is 84.5 Å². The quantitative estimate of drug-likeness (QED) is 0.351. The molecule has 1 fully saturated rings. The van der Waals surface area contributed by atoms with E-state index in [1.54, 1.807) is 48.7 Å². The van der Waals surface area contributed by atoms with Crippen molar-refractivity contribution in [2.45, 2.75) is 57.3 Å². The number of carbonyl (C=O) groups is 3. The molecule has 8 heteroatoms. The van der Waals surface area contributed by atoms with Crippen molar-refractivity contribution < 1.29 is 28.6 Å². The van der Waals surface area contributed by atoms with Crippen LogP contribution in [0.5, 0.6) is 0 Å². The molecule has 0 aromatic carbocycles. The number of pyridine rings is 2. The second-order valence-electron chi connectivity index (χ2n) is 9.09. The molecule has 5 atom stereocenters. The zero-order chi connectivity index (χ0) is 25.3. The topological polar surface area (TPSA) is 105 Å². The number of carbonyl (C=O) groups excluding carboxylic acids is 3. The van der Waals surface area contributed by atoms with Gasteiger partial charge in [-0.2, -0.15) is 0 Å². The first-order valence-electron chi connectivity index (χ1n) is 12.3. The normalized spacial score (nSPS) is 28.2. The maximum Gasteiger partial charge on any atom is 0.357 e. The molecule has 2 aromatic rings. The highest BCUT2D eigenvalue weighted by Crippen LogP contribution is 2.39. The molecule has 3 heterocycles. The highest BCUT2D eigenvalue weighted by atomic mass is 16.6. The summed E-state index contributed by atoms with van der Waals surface area (Å²) >= 11 is 0. The molecule has 0 bridgehead atoms. The molecule has 0 saturated heterocycles. The first-order chi connectivity index (χ1) is 17.5. The first-order valence-corrected chi connectivity index (χ1v) is 12.3. The van der Waals surface area contributed by atoms with E-state index in [-0.39, 0.29) is 35.4 Å². The summed E-state index contributed by atoms with van der Waals surface area (Å²) in [5, 5.41) is 0. The third-order valence-corrected chi connectivity index (χ3v) is 6.41. The Kier molecular flexibility index (Phi) is 8.60. The van der Waals surface area contributed by atoms with Gasteiger partial charge in [-0.15, -0.1) is 0 Å². The molecule has 1 aliphatic carbocycles. The van der Waals surface area contributed by atoms with Crippen molar-refractivity contribution >= 4 is 17.9 Å². The summed E-state index contributed by atoms with van der Waals surface area (Å²) in [5.41, 5.74) is 0.415. The first kappa shape index (κ1) is 25.3. The molecule has 1 aliphatic heterocycles. The molecule has 36 heavy (non-hydrogen) atoms. The van der Waals surface area contributed by atoms with Gasteiger partial charge in [0.15, 0.2) is 0 Å². The van der Waals surface area contributed by atoms with Crippen LogP contribution in [0.2, 0.25) is 0 Å². The Morgan fingerprint density at radius 2 is 1.64 bits per heavy atom. The molecule has 1 saturated carbocycles. The Morgan fingerprint density at radius 3 is 2.31 bits per heavy atom. The lowest BCUT2D eigenvalue weighted by atomic mass is 9.89. The highest BCUT2D eigenvalue weighted by Gasteiger charge is 2.41. The Balaban J connectivity index is 1.57. The molecule has 2 aromatic heterocycles. The van der Waals surface area contributed by atoms with Gasteiger partial charge in [-0.1, -0.05) is 24.3 Å². The van der Waals surface area contributed by atoms with Gasteiger partial charge in [0.05, 0.1) is 6.10 Å². The molecule has 0 amide bonds. The van der Waals surface area contributed by atoms with E-state index in [2.05, 4.69) is 22.1 Å². The van der Waals surface area contributed by atoms with Crippen LogP contribution in [0.3, 0.4) is 0 Å². The van der Waals surface area contributed by atoms with E-state index < -0.39 is 24.0 Å². The van der Waals surface area contributed by atoms with E-state index in [1.165, 1.54) is 12.3 Å². The van der Waals surface area contributed by atoms with Crippen molar-refractivity contribution in [2.24, 2.45) is 11.8 Å². The van der Waals surface area contributed by atoms with Gasteiger partial charge in [0.25, 0.3) is 0 Å². The second kappa shape index (κ2) is 12.2. The summed E-state index contributed by atoms with van der Waals surface area (Å²) in [4.78, 5) is 46.0. The number of allylic oxidation sites excluding steroid dienone is 2. The fourth-order valence-corrected chi connectivity index (χ4v) is 4.64. The minimum atomic E-state index is -0.740.